The average molecular weight is 315 g/mol. The maximum atomic E-state index is 10.7. The van der Waals surface area contributed by atoms with E-state index in [-0.39, 0.29) is 6.54 Å². The number of rotatable bonds is 6. The summed E-state index contributed by atoms with van der Waals surface area (Å²) >= 11 is 0. The minimum Gasteiger partial charge on any atom is -0.480 e. The molecule has 2 rings (SSSR count). The molecule has 0 bridgehead atoms. The molecule has 0 saturated heterocycles. The van der Waals surface area contributed by atoms with Crippen LogP contribution in [0.4, 0.5) is 5.69 Å². The molecule has 23 heavy (non-hydrogen) atoms. The SMILES string of the molecule is CCCN(C)/C(C)=N\c1cccc(-c2cn(CC(=O)O)nn2)c1. The molecule has 1 heterocycles. The van der Waals surface area contributed by atoms with E-state index < -0.39 is 5.97 Å². The quantitative estimate of drug-likeness (QED) is 0.654. The lowest BCUT2D eigenvalue weighted by Crippen LogP contribution is -2.24. The van der Waals surface area contributed by atoms with Crippen molar-refractivity contribution in [3.8, 4) is 11.3 Å². The number of hydrogen-bond donors (Lipinski definition) is 1. The van der Waals surface area contributed by atoms with Crippen LogP contribution < -0.4 is 0 Å². The molecule has 0 aliphatic heterocycles. The number of nitrogens with zero attached hydrogens (tertiary/aromatic N) is 5. The molecular weight excluding hydrogens is 294 g/mol. The fourth-order valence-electron chi connectivity index (χ4n) is 2.15. The van der Waals surface area contributed by atoms with E-state index >= 15 is 0 Å². The summed E-state index contributed by atoms with van der Waals surface area (Å²) < 4.78 is 1.30. The first-order valence-electron chi connectivity index (χ1n) is 7.48. The number of benzene rings is 1. The Kier molecular flexibility index (Phi) is 5.46. The summed E-state index contributed by atoms with van der Waals surface area (Å²) in [6, 6.07) is 7.64. The second kappa shape index (κ2) is 7.53. The van der Waals surface area contributed by atoms with Crippen molar-refractivity contribution in [2.75, 3.05) is 13.6 Å². The number of aliphatic carboxylic acids is 1. The second-order valence-electron chi connectivity index (χ2n) is 5.33. The van der Waals surface area contributed by atoms with Crippen LogP contribution in [0, 0.1) is 0 Å². The van der Waals surface area contributed by atoms with Crippen molar-refractivity contribution < 1.29 is 9.90 Å². The third-order valence-electron chi connectivity index (χ3n) is 3.38. The van der Waals surface area contributed by atoms with E-state index in [0.29, 0.717) is 5.69 Å². The number of carbonyl (C=O) groups is 1. The molecule has 1 N–H and O–H groups in total. The Morgan fingerprint density at radius 1 is 1.43 bits per heavy atom. The molecule has 0 radical (unpaired) electrons. The highest BCUT2D eigenvalue weighted by atomic mass is 16.4. The maximum absolute atomic E-state index is 10.7. The Hall–Kier alpha value is -2.70. The van der Waals surface area contributed by atoms with E-state index in [9.17, 15) is 4.79 Å². The fourth-order valence-corrected chi connectivity index (χ4v) is 2.15. The Bertz CT molecular complexity index is 708. The standard InChI is InChI=1S/C16H21N5O2/c1-4-8-20(3)12(2)17-14-7-5-6-13(9-14)15-10-21(19-18-15)11-16(22)23/h5-7,9-10H,4,8,11H2,1-3H3,(H,22,23)/b17-12-. The predicted molar refractivity (Wildman–Crippen MR) is 88.8 cm³/mol. The number of hydrogen-bond acceptors (Lipinski definition) is 4. The lowest BCUT2D eigenvalue weighted by atomic mass is 10.1. The zero-order valence-corrected chi connectivity index (χ0v) is 13.6. The molecular formula is C16H21N5O2. The Balaban J connectivity index is 2.21. The normalized spacial score (nSPS) is 11.5. The molecule has 0 spiro atoms. The van der Waals surface area contributed by atoms with Gasteiger partial charge < -0.3 is 10.0 Å². The topological polar surface area (TPSA) is 83.6 Å². The monoisotopic (exact) mass is 315 g/mol. The number of carboxylic acids is 1. The highest BCUT2D eigenvalue weighted by Gasteiger charge is 2.07. The van der Waals surface area contributed by atoms with Crippen LogP contribution in [0.3, 0.4) is 0 Å². The summed E-state index contributed by atoms with van der Waals surface area (Å²) in [4.78, 5) is 17.4. The Labute approximate surface area is 135 Å². The summed E-state index contributed by atoms with van der Waals surface area (Å²) in [6.45, 7) is 4.86. The lowest BCUT2D eigenvalue weighted by molar-refractivity contribution is -0.137. The Morgan fingerprint density at radius 2 is 2.22 bits per heavy atom. The van der Waals surface area contributed by atoms with Gasteiger partial charge in [-0.2, -0.15) is 0 Å². The molecule has 7 nitrogen and oxygen atoms in total. The number of aliphatic imine (C=N–C) groups is 1. The van der Waals surface area contributed by atoms with Crippen molar-refractivity contribution in [3.05, 3.63) is 30.5 Å². The van der Waals surface area contributed by atoms with Crippen molar-refractivity contribution in [2.45, 2.75) is 26.8 Å². The van der Waals surface area contributed by atoms with Gasteiger partial charge in [-0.3, -0.25) is 4.79 Å². The van der Waals surface area contributed by atoms with Crippen LogP contribution in [0.1, 0.15) is 20.3 Å². The molecule has 0 saturated carbocycles. The summed E-state index contributed by atoms with van der Waals surface area (Å²) in [6.07, 6.45) is 2.68. The van der Waals surface area contributed by atoms with Gasteiger partial charge >= 0.3 is 5.97 Å². The van der Waals surface area contributed by atoms with Crippen LogP contribution in [0.2, 0.25) is 0 Å². The van der Waals surface area contributed by atoms with E-state index in [2.05, 4.69) is 27.1 Å². The summed E-state index contributed by atoms with van der Waals surface area (Å²) in [7, 11) is 2.02. The van der Waals surface area contributed by atoms with Crippen LogP contribution in [-0.2, 0) is 11.3 Å². The van der Waals surface area contributed by atoms with Crippen molar-refractivity contribution in [3.63, 3.8) is 0 Å². The van der Waals surface area contributed by atoms with Crippen molar-refractivity contribution in [2.24, 2.45) is 4.99 Å². The largest absolute Gasteiger partial charge is 0.480 e. The lowest BCUT2D eigenvalue weighted by Gasteiger charge is -2.17. The highest BCUT2D eigenvalue weighted by molar-refractivity contribution is 5.82. The molecule has 0 atom stereocenters. The molecule has 1 aromatic carbocycles. The van der Waals surface area contributed by atoms with Crippen LogP contribution in [-0.4, -0.2) is 50.4 Å². The van der Waals surface area contributed by atoms with Gasteiger partial charge in [0.1, 0.15) is 18.1 Å². The first-order chi connectivity index (χ1) is 11.0. The molecule has 1 aromatic heterocycles. The summed E-state index contributed by atoms with van der Waals surface area (Å²) in [5.41, 5.74) is 2.31. The minimum absolute atomic E-state index is 0.203. The summed E-state index contributed by atoms with van der Waals surface area (Å²) in [5, 5.41) is 16.6. The van der Waals surface area contributed by atoms with Gasteiger partial charge in [0.05, 0.1) is 11.9 Å². The van der Waals surface area contributed by atoms with Gasteiger partial charge in [0.25, 0.3) is 0 Å². The van der Waals surface area contributed by atoms with Crippen LogP contribution in [0.5, 0.6) is 0 Å². The molecule has 7 heteroatoms. The van der Waals surface area contributed by atoms with E-state index in [1.54, 1.807) is 6.20 Å². The number of aromatic nitrogens is 3. The summed E-state index contributed by atoms with van der Waals surface area (Å²) in [5.74, 6) is -0.00656. The van der Waals surface area contributed by atoms with Gasteiger partial charge in [-0.1, -0.05) is 24.3 Å². The van der Waals surface area contributed by atoms with E-state index in [4.69, 9.17) is 5.11 Å². The first kappa shape index (κ1) is 16.7. The average Bonchev–Trinajstić information content (AvgIpc) is 2.95. The third kappa shape index (κ3) is 4.64. The van der Waals surface area contributed by atoms with E-state index in [0.717, 1.165) is 30.1 Å². The molecule has 0 aliphatic rings. The molecule has 2 aromatic rings. The predicted octanol–water partition coefficient (Wildman–Crippen LogP) is 2.42. The zero-order chi connectivity index (χ0) is 16.8. The van der Waals surface area contributed by atoms with Crippen LogP contribution in [0.15, 0.2) is 35.5 Å². The third-order valence-corrected chi connectivity index (χ3v) is 3.38. The first-order valence-corrected chi connectivity index (χ1v) is 7.48. The van der Waals surface area contributed by atoms with Crippen molar-refractivity contribution in [1.29, 1.82) is 0 Å². The van der Waals surface area contributed by atoms with Crippen molar-refractivity contribution >= 4 is 17.5 Å². The van der Waals surface area contributed by atoms with Gasteiger partial charge in [0.2, 0.25) is 0 Å². The van der Waals surface area contributed by atoms with Gasteiger partial charge in [-0.25, -0.2) is 9.67 Å². The van der Waals surface area contributed by atoms with Crippen LogP contribution >= 0.6 is 0 Å². The molecule has 0 unspecified atom stereocenters. The van der Waals surface area contributed by atoms with Gasteiger partial charge in [0.15, 0.2) is 0 Å². The molecule has 0 amide bonds. The zero-order valence-electron chi connectivity index (χ0n) is 13.6. The van der Waals surface area contributed by atoms with Crippen molar-refractivity contribution in [1.82, 2.24) is 19.9 Å². The van der Waals surface area contributed by atoms with E-state index in [1.807, 2.05) is 38.2 Å². The smallest absolute Gasteiger partial charge is 0.325 e. The molecule has 0 fully saturated rings. The number of carboxylic acid groups (broad SMARTS) is 1. The highest BCUT2D eigenvalue weighted by Crippen LogP contribution is 2.22. The van der Waals surface area contributed by atoms with Gasteiger partial charge in [0, 0.05) is 19.2 Å². The number of amidine groups is 1. The maximum Gasteiger partial charge on any atom is 0.325 e. The Morgan fingerprint density at radius 3 is 2.91 bits per heavy atom. The molecule has 0 aliphatic carbocycles. The fraction of sp³-hybridized carbons (Fsp3) is 0.375. The van der Waals surface area contributed by atoms with Gasteiger partial charge in [-0.15, -0.1) is 5.10 Å². The molecule has 122 valence electrons. The van der Waals surface area contributed by atoms with E-state index in [1.165, 1.54) is 4.68 Å². The van der Waals surface area contributed by atoms with Gasteiger partial charge in [-0.05, 0) is 25.5 Å². The minimum atomic E-state index is -0.950. The second-order valence-corrected chi connectivity index (χ2v) is 5.33. The van der Waals surface area contributed by atoms with Crippen LogP contribution in [0.25, 0.3) is 11.3 Å².